The predicted octanol–water partition coefficient (Wildman–Crippen LogP) is 3.36. The number of pyridine rings is 1. The van der Waals surface area contributed by atoms with Crippen molar-refractivity contribution in [1.82, 2.24) is 14.8 Å². The summed E-state index contributed by atoms with van der Waals surface area (Å²) in [5.74, 6) is 0.699. The zero-order valence-electron chi connectivity index (χ0n) is 16.7. The number of likely N-dealkylation sites (tertiary alicyclic amines) is 1. The Morgan fingerprint density at radius 1 is 1.03 bits per heavy atom. The Morgan fingerprint density at radius 2 is 1.76 bits per heavy atom. The molecule has 2 saturated heterocycles. The van der Waals surface area contributed by atoms with Crippen molar-refractivity contribution in [2.24, 2.45) is 0 Å². The number of hydrogen-bond donors (Lipinski definition) is 0. The molecule has 2 aromatic rings. The largest absolute Gasteiger partial charge is 0.378 e. The Hall–Kier alpha value is -1.95. The van der Waals surface area contributed by atoms with Crippen LogP contribution in [-0.2, 0) is 16.0 Å². The molecule has 4 rings (SSSR count). The lowest BCUT2D eigenvalue weighted by Crippen LogP contribution is -2.47. The van der Waals surface area contributed by atoms with Gasteiger partial charge in [0.1, 0.15) is 0 Å². The molecule has 5 nitrogen and oxygen atoms in total. The molecule has 0 spiro atoms. The van der Waals surface area contributed by atoms with Gasteiger partial charge in [-0.1, -0.05) is 29.8 Å². The molecule has 2 fully saturated rings. The Morgan fingerprint density at radius 3 is 2.48 bits per heavy atom. The third-order valence-electron chi connectivity index (χ3n) is 5.86. The second kappa shape index (κ2) is 9.70. The Balaban J connectivity index is 1.30. The Labute approximate surface area is 177 Å². The number of nitrogens with zero attached hydrogens (tertiary/aromatic N) is 3. The van der Waals surface area contributed by atoms with Gasteiger partial charge in [-0.15, -0.1) is 0 Å². The van der Waals surface area contributed by atoms with Crippen molar-refractivity contribution in [1.29, 1.82) is 0 Å². The van der Waals surface area contributed by atoms with E-state index in [2.05, 4.69) is 35.2 Å². The Kier molecular flexibility index (Phi) is 6.80. The van der Waals surface area contributed by atoms with E-state index >= 15 is 0 Å². The minimum atomic E-state index is 0.231. The maximum Gasteiger partial charge on any atom is 0.236 e. The van der Waals surface area contributed by atoms with Crippen LogP contribution in [-0.4, -0.2) is 66.6 Å². The van der Waals surface area contributed by atoms with Gasteiger partial charge in [-0.25, -0.2) is 0 Å². The number of morpholine rings is 1. The molecule has 0 unspecified atom stereocenters. The van der Waals surface area contributed by atoms with Crippen LogP contribution < -0.4 is 0 Å². The Bertz CT molecular complexity index is 813. The SMILES string of the molecule is O=C(CN1CCC(c2cccc(Cc3ccc(Cl)cc3)n2)CC1)N1CCOCC1. The summed E-state index contributed by atoms with van der Waals surface area (Å²) in [5.41, 5.74) is 3.49. The van der Waals surface area contributed by atoms with Gasteiger partial charge in [0.25, 0.3) is 0 Å². The number of ether oxygens (including phenoxy) is 1. The third kappa shape index (κ3) is 5.56. The van der Waals surface area contributed by atoms with Gasteiger partial charge >= 0.3 is 0 Å². The molecule has 29 heavy (non-hydrogen) atoms. The van der Waals surface area contributed by atoms with Gasteiger partial charge < -0.3 is 9.64 Å². The first-order chi connectivity index (χ1) is 14.2. The highest BCUT2D eigenvalue weighted by Crippen LogP contribution is 2.27. The van der Waals surface area contributed by atoms with Gasteiger partial charge in [-0.2, -0.15) is 0 Å². The summed E-state index contributed by atoms with van der Waals surface area (Å²) in [5, 5.41) is 0.759. The number of hydrogen-bond acceptors (Lipinski definition) is 4. The molecule has 6 heteroatoms. The molecule has 154 valence electrons. The van der Waals surface area contributed by atoms with E-state index in [9.17, 15) is 4.79 Å². The fraction of sp³-hybridized carbons (Fsp3) is 0.478. The quantitative estimate of drug-likeness (QED) is 0.754. The van der Waals surface area contributed by atoms with Crippen LogP contribution in [0.15, 0.2) is 42.5 Å². The van der Waals surface area contributed by atoms with Crippen molar-refractivity contribution < 1.29 is 9.53 Å². The summed E-state index contributed by atoms with van der Waals surface area (Å²) in [6.45, 7) is 5.18. The van der Waals surface area contributed by atoms with Crippen molar-refractivity contribution >= 4 is 17.5 Å². The standard InChI is InChI=1S/C23H28ClN3O2/c24-20-6-4-18(5-7-20)16-21-2-1-3-22(25-21)19-8-10-26(11-9-19)17-23(28)27-12-14-29-15-13-27/h1-7,19H,8-17H2. The van der Waals surface area contributed by atoms with Gasteiger partial charge in [0, 0.05) is 41.8 Å². The molecule has 0 saturated carbocycles. The van der Waals surface area contributed by atoms with Crippen molar-refractivity contribution in [2.45, 2.75) is 25.2 Å². The van der Waals surface area contributed by atoms with E-state index in [4.69, 9.17) is 21.3 Å². The molecule has 3 heterocycles. The fourth-order valence-corrected chi connectivity index (χ4v) is 4.25. The monoisotopic (exact) mass is 413 g/mol. The van der Waals surface area contributed by atoms with Crippen LogP contribution in [0.4, 0.5) is 0 Å². The number of amides is 1. The van der Waals surface area contributed by atoms with Crippen molar-refractivity contribution in [3.63, 3.8) is 0 Å². The molecule has 0 aliphatic carbocycles. The summed E-state index contributed by atoms with van der Waals surface area (Å²) in [6, 6.07) is 14.3. The number of aromatic nitrogens is 1. The highest BCUT2D eigenvalue weighted by molar-refractivity contribution is 6.30. The zero-order chi connectivity index (χ0) is 20.1. The van der Waals surface area contributed by atoms with Gasteiger partial charge in [-0.3, -0.25) is 14.7 Å². The smallest absolute Gasteiger partial charge is 0.236 e. The minimum Gasteiger partial charge on any atom is -0.378 e. The first-order valence-corrected chi connectivity index (χ1v) is 10.8. The number of benzene rings is 1. The van der Waals surface area contributed by atoms with Crippen LogP contribution in [0.25, 0.3) is 0 Å². The van der Waals surface area contributed by atoms with Gasteiger partial charge in [0.2, 0.25) is 5.91 Å². The summed E-state index contributed by atoms with van der Waals surface area (Å²) in [7, 11) is 0. The van der Waals surface area contributed by atoms with Gasteiger partial charge in [0.15, 0.2) is 0 Å². The maximum atomic E-state index is 12.5. The summed E-state index contributed by atoms with van der Waals surface area (Å²) >= 11 is 5.98. The topological polar surface area (TPSA) is 45.7 Å². The highest BCUT2D eigenvalue weighted by atomic mass is 35.5. The van der Waals surface area contributed by atoms with Crippen LogP contribution in [0.2, 0.25) is 5.02 Å². The normalized spacial score (nSPS) is 18.7. The second-order valence-electron chi connectivity index (χ2n) is 7.90. The van der Waals surface area contributed by atoms with E-state index in [-0.39, 0.29) is 5.91 Å². The van der Waals surface area contributed by atoms with Crippen molar-refractivity contribution in [3.8, 4) is 0 Å². The number of halogens is 1. The number of piperidine rings is 1. The highest BCUT2D eigenvalue weighted by Gasteiger charge is 2.25. The number of rotatable bonds is 5. The van der Waals surface area contributed by atoms with Gasteiger partial charge in [-0.05, 0) is 55.8 Å². The lowest BCUT2D eigenvalue weighted by atomic mass is 9.92. The van der Waals surface area contributed by atoms with Crippen LogP contribution in [0.5, 0.6) is 0 Å². The van der Waals surface area contributed by atoms with Crippen LogP contribution in [0.1, 0.15) is 35.7 Å². The van der Waals surface area contributed by atoms with Crippen LogP contribution >= 0.6 is 11.6 Å². The average molecular weight is 414 g/mol. The lowest BCUT2D eigenvalue weighted by molar-refractivity contribution is -0.136. The van der Waals surface area contributed by atoms with Crippen LogP contribution in [0.3, 0.4) is 0 Å². The summed E-state index contributed by atoms with van der Waals surface area (Å²) in [6.07, 6.45) is 2.92. The van der Waals surface area contributed by atoms with E-state index in [0.29, 0.717) is 25.7 Å². The molecule has 1 aromatic heterocycles. The molecule has 2 aliphatic heterocycles. The number of carbonyl (C=O) groups is 1. The molecule has 2 aliphatic rings. The van der Waals surface area contributed by atoms with E-state index < -0.39 is 0 Å². The second-order valence-corrected chi connectivity index (χ2v) is 8.34. The number of carbonyl (C=O) groups excluding carboxylic acids is 1. The van der Waals surface area contributed by atoms with E-state index in [1.165, 1.54) is 11.3 Å². The zero-order valence-corrected chi connectivity index (χ0v) is 17.5. The molecule has 0 N–H and O–H groups in total. The van der Waals surface area contributed by atoms with Crippen molar-refractivity contribution in [2.75, 3.05) is 45.9 Å². The van der Waals surface area contributed by atoms with E-state index in [0.717, 1.165) is 56.2 Å². The molecule has 0 radical (unpaired) electrons. The van der Waals surface area contributed by atoms with Crippen LogP contribution in [0, 0.1) is 0 Å². The third-order valence-corrected chi connectivity index (χ3v) is 6.11. The molecule has 0 atom stereocenters. The predicted molar refractivity (Wildman–Crippen MR) is 114 cm³/mol. The molecular formula is C23H28ClN3O2. The molecule has 0 bridgehead atoms. The van der Waals surface area contributed by atoms with Crippen molar-refractivity contribution in [3.05, 3.63) is 64.4 Å². The van der Waals surface area contributed by atoms with E-state index in [1.807, 2.05) is 17.0 Å². The average Bonchev–Trinajstić information content (AvgIpc) is 2.77. The maximum absolute atomic E-state index is 12.5. The molecular weight excluding hydrogens is 386 g/mol. The molecule has 1 aromatic carbocycles. The van der Waals surface area contributed by atoms with Gasteiger partial charge in [0.05, 0.1) is 19.8 Å². The first kappa shape index (κ1) is 20.3. The molecule has 1 amide bonds. The fourth-order valence-electron chi connectivity index (χ4n) is 4.13. The minimum absolute atomic E-state index is 0.231. The summed E-state index contributed by atoms with van der Waals surface area (Å²) < 4.78 is 5.33. The summed E-state index contributed by atoms with van der Waals surface area (Å²) in [4.78, 5) is 21.6. The lowest BCUT2D eigenvalue weighted by Gasteiger charge is -2.34. The van der Waals surface area contributed by atoms with E-state index in [1.54, 1.807) is 0 Å². The first-order valence-electron chi connectivity index (χ1n) is 10.5.